The van der Waals surface area contributed by atoms with Crippen molar-refractivity contribution in [2.24, 2.45) is 4.99 Å². The van der Waals surface area contributed by atoms with Gasteiger partial charge >= 0.3 is 0 Å². The van der Waals surface area contributed by atoms with Gasteiger partial charge in [-0.3, -0.25) is 4.99 Å². The number of hydrogen-bond acceptors (Lipinski definition) is 3. The van der Waals surface area contributed by atoms with Gasteiger partial charge in [0.15, 0.2) is 5.96 Å². The molecule has 0 unspecified atom stereocenters. The molecule has 2 N–H and O–H groups in total. The molecule has 1 heterocycles. The molecule has 1 aliphatic heterocycles. The molecule has 0 aromatic heterocycles. The number of benzene rings is 1. The van der Waals surface area contributed by atoms with Gasteiger partial charge in [0.25, 0.3) is 0 Å². The Bertz CT molecular complexity index is 488. The number of aliphatic hydroxyl groups is 1. The summed E-state index contributed by atoms with van der Waals surface area (Å²) in [7, 11) is 0. The number of ether oxygens (including phenoxy) is 1. The van der Waals surface area contributed by atoms with Crippen LogP contribution >= 0.6 is 0 Å². The molecule has 0 spiro atoms. The maximum absolute atomic E-state index is 9.64. The van der Waals surface area contributed by atoms with E-state index in [1.807, 2.05) is 12.1 Å². The summed E-state index contributed by atoms with van der Waals surface area (Å²) in [6.07, 6.45) is 2.59. The first-order valence-corrected chi connectivity index (χ1v) is 8.60. The minimum absolute atomic E-state index is 0.221. The van der Waals surface area contributed by atoms with Crippen LogP contribution in [0.4, 0.5) is 0 Å². The fraction of sp³-hybridized carbons (Fsp3) is 0.611. The van der Waals surface area contributed by atoms with Gasteiger partial charge in [-0.25, -0.2) is 0 Å². The van der Waals surface area contributed by atoms with Crippen LogP contribution in [0.1, 0.15) is 31.7 Å². The molecule has 0 bridgehead atoms. The Morgan fingerprint density at radius 2 is 2.13 bits per heavy atom. The highest BCUT2D eigenvalue weighted by molar-refractivity contribution is 5.80. The Morgan fingerprint density at radius 1 is 1.35 bits per heavy atom. The Hall–Kier alpha value is -1.75. The van der Waals surface area contributed by atoms with Crippen molar-refractivity contribution in [2.75, 3.05) is 32.8 Å². The number of aliphatic imine (C=N–C) groups is 1. The van der Waals surface area contributed by atoms with Gasteiger partial charge in [0, 0.05) is 26.2 Å². The van der Waals surface area contributed by atoms with Gasteiger partial charge in [-0.2, -0.15) is 0 Å². The summed E-state index contributed by atoms with van der Waals surface area (Å²) in [4.78, 5) is 6.79. The summed E-state index contributed by atoms with van der Waals surface area (Å²) in [5, 5.41) is 12.9. The number of hydrogen-bond donors (Lipinski definition) is 2. The third kappa shape index (κ3) is 6.10. The zero-order valence-corrected chi connectivity index (χ0v) is 14.3. The first kappa shape index (κ1) is 17.6. The molecule has 5 heteroatoms. The van der Waals surface area contributed by atoms with E-state index in [2.05, 4.69) is 41.2 Å². The molecule has 128 valence electrons. The molecule has 1 saturated heterocycles. The fourth-order valence-corrected chi connectivity index (χ4v) is 2.58. The number of unbranched alkanes of at least 4 members (excludes halogenated alkanes) is 1. The number of nitrogens with zero attached hydrogens (tertiary/aromatic N) is 2. The van der Waals surface area contributed by atoms with Crippen LogP contribution in [-0.2, 0) is 0 Å². The lowest BCUT2D eigenvalue weighted by Gasteiger charge is -2.20. The highest BCUT2D eigenvalue weighted by Gasteiger charge is 2.22. The zero-order chi connectivity index (χ0) is 16.5. The third-order valence-electron chi connectivity index (χ3n) is 3.90. The summed E-state index contributed by atoms with van der Waals surface area (Å²) < 4.78 is 5.72. The first-order chi connectivity index (χ1) is 11.2. The standard InChI is InChI=1S/C18H29N3O2/c1-3-19-18(21-12-10-16(22)14-21)20-11-4-5-13-23-17-8-6-15(2)7-9-17/h6-9,16,22H,3-5,10-14H2,1-2H3,(H,19,20)/t16-/m1/s1. The number of likely N-dealkylation sites (tertiary alicyclic amines) is 1. The number of rotatable bonds is 7. The van der Waals surface area contributed by atoms with Gasteiger partial charge in [0.2, 0.25) is 0 Å². The zero-order valence-electron chi connectivity index (χ0n) is 14.3. The van der Waals surface area contributed by atoms with Gasteiger partial charge in [-0.1, -0.05) is 17.7 Å². The van der Waals surface area contributed by atoms with E-state index < -0.39 is 0 Å². The molecule has 0 saturated carbocycles. The van der Waals surface area contributed by atoms with E-state index in [-0.39, 0.29) is 6.10 Å². The molecule has 1 atom stereocenters. The second-order valence-electron chi connectivity index (χ2n) is 5.99. The SMILES string of the molecule is CCNC(=NCCCCOc1ccc(C)cc1)N1CC[C@@H](O)C1. The van der Waals surface area contributed by atoms with E-state index >= 15 is 0 Å². The fourth-order valence-electron chi connectivity index (χ4n) is 2.58. The van der Waals surface area contributed by atoms with Crippen LogP contribution in [0.3, 0.4) is 0 Å². The van der Waals surface area contributed by atoms with E-state index in [4.69, 9.17) is 4.74 Å². The monoisotopic (exact) mass is 319 g/mol. The van der Waals surface area contributed by atoms with E-state index in [1.165, 1.54) is 5.56 Å². The lowest BCUT2D eigenvalue weighted by molar-refractivity contribution is 0.188. The maximum atomic E-state index is 9.64. The molecule has 1 aliphatic rings. The Labute approximate surface area is 139 Å². The van der Waals surface area contributed by atoms with Gasteiger partial charge in [0.05, 0.1) is 12.7 Å². The largest absolute Gasteiger partial charge is 0.494 e. The number of nitrogens with one attached hydrogen (secondary N) is 1. The second-order valence-corrected chi connectivity index (χ2v) is 5.99. The van der Waals surface area contributed by atoms with Crippen LogP contribution < -0.4 is 10.1 Å². The maximum Gasteiger partial charge on any atom is 0.194 e. The van der Waals surface area contributed by atoms with Crippen molar-refractivity contribution >= 4 is 5.96 Å². The van der Waals surface area contributed by atoms with E-state index in [0.29, 0.717) is 6.54 Å². The van der Waals surface area contributed by atoms with Crippen molar-refractivity contribution in [2.45, 2.75) is 39.2 Å². The number of aliphatic hydroxyl groups excluding tert-OH is 1. The van der Waals surface area contributed by atoms with E-state index in [1.54, 1.807) is 0 Å². The van der Waals surface area contributed by atoms with Crippen LogP contribution in [-0.4, -0.2) is 54.9 Å². The normalized spacial score (nSPS) is 18.3. The van der Waals surface area contributed by atoms with Crippen molar-refractivity contribution in [3.63, 3.8) is 0 Å². The quantitative estimate of drug-likeness (QED) is 0.459. The topological polar surface area (TPSA) is 57.1 Å². The summed E-state index contributed by atoms with van der Waals surface area (Å²) in [5.41, 5.74) is 1.25. The molecule has 1 aromatic rings. The molecule has 0 aliphatic carbocycles. The Kier molecular flexibility index (Phi) is 7.20. The van der Waals surface area contributed by atoms with Gasteiger partial charge in [0.1, 0.15) is 5.75 Å². The van der Waals surface area contributed by atoms with Crippen molar-refractivity contribution in [1.82, 2.24) is 10.2 Å². The summed E-state index contributed by atoms with van der Waals surface area (Å²) >= 11 is 0. The van der Waals surface area contributed by atoms with Crippen molar-refractivity contribution in [3.05, 3.63) is 29.8 Å². The van der Waals surface area contributed by atoms with E-state index in [0.717, 1.165) is 57.2 Å². The minimum atomic E-state index is -0.221. The number of aryl methyl sites for hydroxylation is 1. The second kappa shape index (κ2) is 9.40. The van der Waals surface area contributed by atoms with E-state index in [9.17, 15) is 5.11 Å². The smallest absolute Gasteiger partial charge is 0.194 e. The average molecular weight is 319 g/mol. The Balaban J connectivity index is 1.66. The summed E-state index contributed by atoms with van der Waals surface area (Å²) in [6.45, 7) is 8.05. The van der Waals surface area contributed by atoms with Crippen LogP contribution in [0.15, 0.2) is 29.3 Å². The average Bonchev–Trinajstić information content (AvgIpc) is 2.97. The molecule has 0 amide bonds. The molecule has 1 fully saturated rings. The van der Waals surface area contributed by atoms with Crippen molar-refractivity contribution in [3.8, 4) is 5.75 Å². The van der Waals surface area contributed by atoms with Gasteiger partial charge in [-0.15, -0.1) is 0 Å². The summed E-state index contributed by atoms with van der Waals surface area (Å²) in [6, 6.07) is 8.14. The lowest BCUT2D eigenvalue weighted by Crippen LogP contribution is -2.40. The lowest BCUT2D eigenvalue weighted by atomic mass is 10.2. The predicted molar refractivity (Wildman–Crippen MR) is 94.1 cm³/mol. The summed E-state index contributed by atoms with van der Waals surface area (Å²) in [5.74, 6) is 1.85. The number of β-amino-alcohol motifs (C(OH)–C–C–N with tert-alkyl or cyclic N) is 1. The Morgan fingerprint density at radius 3 is 2.78 bits per heavy atom. The molecular formula is C18H29N3O2. The highest BCUT2D eigenvalue weighted by Crippen LogP contribution is 2.12. The molecule has 1 aromatic carbocycles. The third-order valence-corrected chi connectivity index (χ3v) is 3.90. The molecular weight excluding hydrogens is 290 g/mol. The molecule has 5 nitrogen and oxygen atoms in total. The van der Waals surface area contributed by atoms with Crippen LogP contribution in [0, 0.1) is 6.92 Å². The van der Waals surface area contributed by atoms with Crippen molar-refractivity contribution in [1.29, 1.82) is 0 Å². The molecule has 23 heavy (non-hydrogen) atoms. The van der Waals surface area contributed by atoms with Gasteiger partial charge in [-0.05, 0) is 45.2 Å². The minimum Gasteiger partial charge on any atom is -0.494 e. The van der Waals surface area contributed by atoms with Crippen LogP contribution in [0.2, 0.25) is 0 Å². The molecule has 0 radical (unpaired) electrons. The van der Waals surface area contributed by atoms with Gasteiger partial charge < -0.3 is 20.1 Å². The first-order valence-electron chi connectivity index (χ1n) is 8.60. The molecule has 2 rings (SSSR count). The van der Waals surface area contributed by atoms with Crippen LogP contribution in [0.25, 0.3) is 0 Å². The predicted octanol–water partition coefficient (Wildman–Crippen LogP) is 2.19. The van der Waals surface area contributed by atoms with Crippen molar-refractivity contribution < 1.29 is 9.84 Å². The number of guanidine groups is 1. The highest BCUT2D eigenvalue weighted by atomic mass is 16.5. The van der Waals surface area contributed by atoms with Crippen LogP contribution in [0.5, 0.6) is 5.75 Å².